The second-order valence-electron chi connectivity index (χ2n) is 4.69. The predicted octanol–water partition coefficient (Wildman–Crippen LogP) is 3.45. The summed E-state index contributed by atoms with van der Waals surface area (Å²) in [6.45, 7) is 10.8. The fraction of sp³-hybridized carbons (Fsp3) is 0.667. The molecular weight excluding hydrogens is 172 g/mol. The van der Waals surface area contributed by atoms with Gasteiger partial charge in [0.2, 0.25) is 0 Å². The molecule has 2 heteroatoms. The highest BCUT2D eigenvalue weighted by atomic mass is 14.9. The minimum Gasteiger partial charge on any atom is -0.245 e. The number of hydrogen-bond donors (Lipinski definition) is 0. The van der Waals surface area contributed by atoms with Gasteiger partial charge in [-0.3, -0.25) is 0 Å². The highest BCUT2D eigenvalue weighted by Gasteiger charge is 2.17. The molecule has 14 heavy (non-hydrogen) atoms. The van der Waals surface area contributed by atoms with Crippen LogP contribution in [0.3, 0.4) is 0 Å². The Morgan fingerprint density at radius 3 is 2.50 bits per heavy atom. The monoisotopic (exact) mass is 192 g/mol. The number of amidine groups is 1. The Kier molecular flexibility index (Phi) is 3.25. The van der Waals surface area contributed by atoms with Crippen LogP contribution in [0, 0.1) is 11.3 Å². The molecule has 0 amide bonds. The third kappa shape index (κ3) is 2.79. The van der Waals surface area contributed by atoms with Crippen LogP contribution < -0.4 is 0 Å². The van der Waals surface area contributed by atoms with Crippen LogP contribution in [-0.4, -0.2) is 12.1 Å². The Morgan fingerprint density at radius 1 is 1.36 bits per heavy atom. The minimum absolute atomic E-state index is 0.0278. The molecule has 0 bridgehead atoms. The molecule has 1 heterocycles. The van der Waals surface area contributed by atoms with Crippen molar-refractivity contribution in [3.05, 3.63) is 11.8 Å². The summed E-state index contributed by atoms with van der Waals surface area (Å²) >= 11 is 0. The number of hydrogen-bond acceptors (Lipinski definition) is 2. The molecule has 0 aromatic carbocycles. The van der Waals surface area contributed by atoms with Crippen molar-refractivity contribution in [1.82, 2.24) is 0 Å². The van der Waals surface area contributed by atoms with Crippen LogP contribution >= 0.6 is 0 Å². The fourth-order valence-corrected chi connectivity index (χ4v) is 1.34. The van der Waals surface area contributed by atoms with E-state index in [1.54, 1.807) is 0 Å². The lowest BCUT2D eigenvalue weighted by atomic mass is 9.92. The molecule has 0 aromatic rings. The molecular formula is C12H20N2. The quantitative estimate of drug-likeness (QED) is 0.640. The molecule has 0 saturated carbocycles. The average Bonchev–Trinajstić information content (AvgIpc) is 2.23. The minimum atomic E-state index is 0.0278. The lowest BCUT2D eigenvalue weighted by molar-refractivity contribution is 0.660. The third-order valence-electron chi connectivity index (χ3n) is 2.23. The fourth-order valence-electron chi connectivity index (χ4n) is 1.34. The maximum absolute atomic E-state index is 4.57. The molecule has 1 rings (SSSR count). The van der Waals surface area contributed by atoms with Gasteiger partial charge in [-0.15, -0.1) is 0 Å². The van der Waals surface area contributed by atoms with Gasteiger partial charge in [-0.25, -0.2) is 9.98 Å². The van der Waals surface area contributed by atoms with Gasteiger partial charge >= 0.3 is 0 Å². The number of rotatable bonds is 2. The van der Waals surface area contributed by atoms with E-state index in [4.69, 9.17) is 0 Å². The smallest absolute Gasteiger partial charge is 0.127 e. The second kappa shape index (κ2) is 4.07. The van der Waals surface area contributed by atoms with E-state index >= 15 is 0 Å². The Labute approximate surface area is 86.8 Å². The first-order valence-electron chi connectivity index (χ1n) is 5.30. The lowest BCUT2D eigenvalue weighted by Gasteiger charge is -2.14. The molecule has 0 aromatic heterocycles. The van der Waals surface area contributed by atoms with Gasteiger partial charge in [0.05, 0.1) is 0 Å². The lowest BCUT2D eigenvalue weighted by Crippen LogP contribution is -2.10. The standard InChI is InChI=1S/C12H20N2/c1-6-11-13-8-12(4,5)7-10(14-11)9(2)3/h7-9H,6H2,1-5H3. The molecule has 2 nitrogen and oxygen atoms in total. The van der Waals surface area contributed by atoms with Crippen molar-refractivity contribution in [2.24, 2.45) is 21.3 Å². The van der Waals surface area contributed by atoms with E-state index < -0.39 is 0 Å². The summed E-state index contributed by atoms with van der Waals surface area (Å²) in [6.07, 6.45) is 5.10. The molecule has 78 valence electrons. The van der Waals surface area contributed by atoms with Gasteiger partial charge in [0, 0.05) is 23.7 Å². The van der Waals surface area contributed by atoms with Gasteiger partial charge in [0.25, 0.3) is 0 Å². The van der Waals surface area contributed by atoms with Gasteiger partial charge in [-0.2, -0.15) is 0 Å². The van der Waals surface area contributed by atoms with Crippen LogP contribution in [0.1, 0.15) is 41.0 Å². The number of nitrogens with zero attached hydrogens (tertiary/aromatic N) is 2. The van der Waals surface area contributed by atoms with Crippen LogP contribution in [0.4, 0.5) is 0 Å². The highest BCUT2D eigenvalue weighted by Crippen LogP contribution is 2.24. The van der Waals surface area contributed by atoms with E-state index in [1.165, 1.54) is 0 Å². The van der Waals surface area contributed by atoms with Crippen LogP contribution in [0.15, 0.2) is 21.8 Å². The van der Waals surface area contributed by atoms with Gasteiger partial charge in [0.1, 0.15) is 5.84 Å². The summed E-state index contributed by atoms with van der Waals surface area (Å²) in [7, 11) is 0. The van der Waals surface area contributed by atoms with Gasteiger partial charge in [0.15, 0.2) is 0 Å². The summed E-state index contributed by atoms with van der Waals surface area (Å²) in [5.41, 5.74) is 1.18. The number of allylic oxidation sites excluding steroid dienone is 2. The molecule has 0 saturated heterocycles. The van der Waals surface area contributed by atoms with Gasteiger partial charge in [-0.05, 0) is 5.92 Å². The first kappa shape index (κ1) is 11.2. The molecule has 1 aliphatic heterocycles. The van der Waals surface area contributed by atoms with Crippen LogP contribution in [-0.2, 0) is 0 Å². The van der Waals surface area contributed by atoms with Crippen molar-refractivity contribution in [2.45, 2.75) is 41.0 Å². The van der Waals surface area contributed by atoms with Crippen LogP contribution in [0.25, 0.3) is 0 Å². The van der Waals surface area contributed by atoms with Gasteiger partial charge in [-0.1, -0.05) is 40.7 Å². The van der Waals surface area contributed by atoms with Crippen molar-refractivity contribution < 1.29 is 0 Å². The summed E-state index contributed by atoms with van der Waals surface area (Å²) in [6, 6.07) is 0. The zero-order valence-corrected chi connectivity index (χ0v) is 9.83. The molecule has 0 fully saturated rings. The zero-order valence-electron chi connectivity index (χ0n) is 9.83. The summed E-state index contributed by atoms with van der Waals surface area (Å²) in [5.74, 6) is 1.41. The zero-order chi connectivity index (χ0) is 10.8. The first-order valence-corrected chi connectivity index (χ1v) is 5.30. The Morgan fingerprint density at radius 2 is 2.00 bits per heavy atom. The normalized spacial score (nSPS) is 20.4. The van der Waals surface area contributed by atoms with Gasteiger partial charge < -0.3 is 0 Å². The molecule has 1 aliphatic rings. The van der Waals surface area contributed by atoms with Crippen molar-refractivity contribution >= 4 is 12.1 Å². The third-order valence-corrected chi connectivity index (χ3v) is 2.23. The maximum Gasteiger partial charge on any atom is 0.127 e. The maximum atomic E-state index is 4.57. The largest absolute Gasteiger partial charge is 0.245 e. The van der Waals surface area contributed by atoms with Crippen molar-refractivity contribution in [3.63, 3.8) is 0 Å². The van der Waals surface area contributed by atoms with Crippen LogP contribution in [0.5, 0.6) is 0 Å². The summed E-state index contributed by atoms with van der Waals surface area (Å²) in [5, 5.41) is 0. The molecule has 0 aliphatic carbocycles. The molecule has 0 spiro atoms. The van der Waals surface area contributed by atoms with E-state index in [2.05, 4.69) is 50.7 Å². The van der Waals surface area contributed by atoms with Crippen LogP contribution in [0.2, 0.25) is 0 Å². The predicted molar refractivity (Wildman–Crippen MR) is 62.9 cm³/mol. The SMILES string of the molecule is CCC1=NC(C(C)C)=CC(C)(C)C=N1. The van der Waals surface area contributed by atoms with E-state index in [-0.39, 0.29) is 5.41 Å². The molecule has 0 radical (unpaired) electrons. The van der Waals surface area contributed by atoms with E-state index in [9.17, 15) is 0 Å². The summed E-state index contributed by atoms with van der Waals surface area (Å²) < 4.78 is 0. The van der Waals surface area contributed by atoms with E-state index in [0.717, 1.165) is 18.0 Å². The van der Waals surface area contributed by atoms with E-state index in [0.29, 0.717) is 5.92 Å². The van der Waals surface area contributed by atoms with E-state index in [1.807, 2.05) is 6.21 Å². The molecule has 0 unspecified atom stereocenters. The Bertz CT molecular complexity index is 293. The van der Waals surface area contributed by atoms with Crippen molar-refractivity contribution in [3.8, 4) is 0 Å². The first-order chi connectivity index (χ1) is 6.44. The molecule has 0 N–H and O–H groups in total. The average molecular weight is 192 g/mol. The highest BCUT2D eigenvalue weighted by molar-refractivity contribution is 5.92. The topological polar surface area (TPSA) is 24.7 Å². The number of aliphatic imine (C=N–C) groups is 2. The molecule has 0 atom stereocenters. The second-order valence-corrected chi connectivity index (χ2v) is 4.69. The Hall–Kier alpha value is -0.920. The van der Waals surface area contributed by atoms with Crippen molar-refractivity contribution in [1.29, 1.82) is 0 Å². The Balaban J connectivity index is 3.07. The van der Waals surface area contributed by atoms with Crippen molar-refractivity contribution in [2.75, 3.05) is 0 Å². The summed E-state index contributed by atoms with van der Waals surface area (Å²) in [4.78, 5) is 8.97.